The van der Waals surface area contributed by atoms with Gasteiger partial charge in [-0.2, -0.15) is 0 Å². The van der Waals surface area contributed by atoms with Crippen LogP contribution in [-0.2, 0) is 0 Å². The molecule has 1 unspecified atom stereocenters. The molecule has 0 fully saturated rings. The number of unbranched alkanes of at least 4 members (excludes halogenated alkanes) is 3. The molecule has 0 aromatic heterocycles. The standard InChI is InChI=1S/C10H20Cl3N.BH3/c1-4-5-6-7-8-9(11)10(12,13)14(2)3;/h9H,4-8H2,1-3H3;1H3. The second-order valence-electron chi connectivity index (χ2n) is 3.80. The minimum absolute atomic E-state index is 0. The third kappa shape index (κ3) is 6.94. The second-order valence-corrected chi connectivity index (χ2v) is 5.67. The number of alkyl halides is 3. The first-order valence-corrected chi connectivity index (χ1v) is 6.31. The molecule has 1 nitrogen and oxygen atoms in total. The molecular weight excluding hydrogens is 251 g/mol. The van der Waals surface area contributed by atoms with Crippen molar-refractivity contribution in [1.82, 2.24) is 4.90 Å². The van der Waals surface area contributed by atoms with Gasteiger partial charge in [0.1, 0.15) is 0 Å². The lowest BCUT2D eigenvalue weighted by molar-refractivity contribution is 0.317. The molecule has 0 N–H and O–H groups in total. The lowest BCUT2D eigenvalue weighted by Gasteiger charge is -2.31. The topological polar surface area (TPSA) is 3.24 Å². The maximum absolute atomic E-state index is 6.14. The molecule has 92 valence electrons. The van der Waals surface area contributed by atoms with Gasteiger partial charge >= 0.3 is 0 Å². The van der Waals surface area contributed by atoms with Crippen molar-refractivity contribution in [3.05, 3.63) is 0 Å². The van der Waals surface area contributed by atoms with Crippen molar-refractivity contribution in [3.63, 3.8) is 0 Å². The minimum atomic E-state index is -0.951. The summed E-state index contributed by atoms with van der Waals surface area (Å²) in [6.07, 6.45) is 5.65. The van der Waals surface area contributed by atoms with E-state index >= 15 is 0 Å². The summed E-state index contributed by atoms with van der Waals surface area (Å²) in [5.74, 6) is 0. The van der Waals surface area contributed by atoms with Crippen LogP contribution < -0.4 is 0 Å². The van der Waals surface area contributed by atoms with E-state index in [9.17, 15) is 0 Å². The van der Waals surface area contributed by atoms with E-state index in [-0.39, 0.29) is 13.8 Å². The summed E-state index contributed by atoms with van der Waals surface area (Å²) in [7, 11) is 3.67. The van der Waals surface area contributed by atoms with Crippen molar-refractivity contribution in [2.24, 2.45) is 0 Å². The van der Waals surface area contributed by atoms with Crippen LogP contribution >= 0.6 is 34.8 Å². The van der Waals surface area contributed by atoms with Gasteiger partial charge in [0.05, 0.1) is 13.8 Å². The fraction of sp³-hybridized carbons (Fsp3) is 1.00. The van der Waals surface area contributed by atoms with Gasteiger partial charge in [-0.05, 0) is 20.5 Å². The summed E-state index contributed by atoms with van der Waals surface area (Å²) in [6.45, 7) is 2.19. The Bertz CT molecular complexity index is 154. The van der Waals surface area contributed by atoms with Crippen LogP contribution in [0.15, 0.2) is 0 Å². The molecule has 0 rings (SSSR count). The highest BCUT2D eigenvalue weighted by Gasteiger charge is 2.35. The van der Waals surface area contributed by atoms with Crippen LogP contribution in [0.3, 0.4) is 0 Å². The lowest BCUT2D eigenvalue weighted by atomic mass is 10.1. The van der Waals surface area contributed by atoms with Crippen LogP contribution in [0.2, 0.25) is 0 Å². The van der Waals surface area contributed by atoms with E-state index in [1.807, 2.05) is 14.1 Å². The molecule has 0 amide bonds. The molecule has 1 atom stereocenters. The lowest BCUT2D eigenvalue weighted by Crippen LogP contribution is -2.41. The Morgan fingerprint density at radius 1 is 1.13 bits per heavy atom. The van der Waals surface area contributed by atoms with Gasteiger partial charge in [-0.15, -0.1) is 11.6 Å². The molecule has 0 saturated heterocycles. The summed E-state index contributed by atoms with van der Waals surface area (Å²) in [4.78, 5) is 1.74. The van der Waals surface area contributed by atoms with Crippen LogP contribution in [-0.4, -0.2) is 37.2 Å². The van der Waals surface area contributed by atoms with Gasteiger partial charge in [-0.1, -0.05) is 55.8 Å². The Kier molecular flexibility index (Phi) is 10.9. The smallest absolute Gasteiger partial charge is 0.187 e. The molecule has 0 aliphatic carbocycles. The van der Waals surface area contributed by atoms with Crippen molar-refractivity contribution in [3.8, 4) is 0 Å². The number of hydrogen-bond donors (Lipinski definition) is 0. The molecule has 0 bridgehead atoms. The number of nitrogens with zero attached hydrogens (tertiary/aromatic N) is 1. The van der Waals surface area contributed by atoms with E-state index < -0.39 is 4.46 Å². The quantitative estimate of drug-likeness (QED) is 0.298. The van der Waals surface area contributed by atoms with Crippen LogP contribution in [0.4, 0.5) is 0 Å². The maximum atomic E-state index is 6.14. The first kappa shape index (κ1) is 18.3. The average Bonchev–Trinajstić information content (AvgIpc) is 2.11. The Balaban J connectivity index is 0. The molecule has 0 heterocycles. The molecule has 0 aliphatic heterocycles. The van der Waals surface area contributed by atoms with Crippen molar-refractivity contribution in [2.75, 3.05) is 14.1 Å². The molecule has 5 heteroatoms. The van der Waals surface area contributed by atoms with Gasteiger partial charge in [0.25, 0.3) is 0 Å². The summed E-state index contributed by atoms with van der Waals surface area (Å²) in [5.41, 5.74) is 0. The third-order valence-corrected chi connectivity index (χ3v) is 4.24. The van der Waals surface area contributed by atoms with Gasteiger partial charge in [-0.3, -0.25) is 4.90 Å². The fourth-order valence-corrected chi connectivity index (χ4v) is 1.77. The SMILES string of the molecule is B.CCCCCCC(Cl)C(Cl)(Cl)N(C)C. The van der Waals surface area contributed by atoms with Gasteiger partial charge in [0.2, 0.25) is 0 Å². The molecule has 0 aliphatic rings. The Morgan fingerprint density at radius 2 is 1.67 bits per heavy atom. The number of hydrogen-bond acceptors (Lipinski definition) is 1. The van der Waals surface area contributed by atoms with E-state index in [0.29, 0.717) is 0 Å². The fourth-order valence-electron chi connectivity index (χ4n) is 1.20. The maximum Gasteiger partial charge on any atom is 0.187 e. The summed E-state index contributed by atoms with van der Waals surface area (Å²) < 4.78 is -0.951. The minimum Gasteiger partial charge on any atom is -0.277 e. The highest BCUT2D eigenvalue weighted by atomic mass is 35.5. The molecule has 0 saturated carbocycles. The van der Waals surface area contributed by atoms with E-state index in [0.717, 1.165) is 12.8 Å². The highest BCUT2D eigenvalue weighted by Crippen LogP contribution is 2.34. The Labute approximate surface area is 111 Å². The molecule has 15 heavy (non-hydrogen) atoms. The van der Waals surface area contributed by atoms with E-state index in [1.165, 1.54) is 19.3 Å². The van der Waals surface area contributed by atoms with E-state index in [1.54, 1.807) is 4.90 Å². The summed E-state index contributed by atoms with van der Waals surface area (Å²) in [5, 5.41) is -0.210. The normalized spacial score (nSPS) is 13.8. The Morgan fingerprint density at radius 3 is 2.07 bits per heavy atom. The monoisotopic (exact) mass is 273 g/mol. The molecular formula is C10H23BCl3N. The third-order valence-electron chi connectivity index (χ3n) is 2.28. The van der Waals surface area contributed by atoms with Gasteiger partial charge in [0.15, 0.2) is 4.46 Å². The zero-order chi connectivity index (χ0) is 11.2. The number of rotatable bonds is 7. The summed E-state index contributed by atoms with van der Waals surface area (Å²) >= 11 is 18.3. The molecule has 0 aromatic carbocycles. The molecule has 0 radical (unpaired) electrons. The first-order chi connectivity index (χ1) is 6.42. The van der Waals surface area contributed by atoms with Crippen molar-refractivity contribution < 1.29 is 0 Å². The predicted octanol–water partition coefficient (Wildman–Crippen LogP) is 3.07. The van der Waals surface area contributed by atoms with Crippen LogP contribution in [0.5, 0.6) is 0 Å². The predicted molar refractivity (Wildman–Crippen MR) is 76.5 cm³/mol. The Hall–Kier alpha value is 0.895. The highest BCUT2D eigenvalue weighted by molar-refractivity contribution is 6.51. The average molecular weight is 274 g/mol. The van der Waals surface area contributed by atoms with Crippen molar-refractivity contribution >= 4 is 43.2 Å². The van der Waals surface area contributed by atoms with Gasteiger partial charge in [-0.25, -0.2) is 0 Å². The largest absolute Gasteiger partial charge is 0.277 e. The zero-order valence-electron chi connectivity index (χ0n) is 9.19. The summed E-state index contributed by atoms with van der Waals surface area (Å²) in [6, 6.07) is 0. The van der Waals surface area contributed by atoms with E-state index in [4.69, 9.17) is 34.8 Å². The molecule has 0 aromatic rings. The van der Waals surface area contributed by atoms with E-state index in [2.05, 4.69) is 6.92 Å². The van der Waals surface area contributed by atoms with Gasteiger partial charge in [0, 0.05) is 0 Å². The second kappa shape index (κ2) is 8.98. The van der Waals surface area contributed by atoms with Crippen LogP contribution in [0.25, 0.3) is 0 Å². The first-order valence-electron chi connectivity index (χ1n) is 5.12. The van der Waals surface area contributed by atoms with Crippen LogP contribution in [0, 0.1) is 0 Å². The van der Waals surface area contributed by atoms with Crippen LogP contribution in [0.1, 0.15) is 39.0 Å². The van der Waals surface area contributed by atoms with Gasteiger partial charge < -0.3 is 0 Å². The van der Waals surface area contributed by atoms with Crippen molar-refractivity contribution in [2.45, 2.75) is 48.9 Å². The number of halogens is 3. The zero-order valence-corrected chi connectivity index (χ0v) is 11.5. The molecule has 0 spiro atoms. The van der Waals surface area contributed by atoms with Crippen molar-refractivity contribution in [1.29, 1.82) is 0 Å².